The SMILES string of the molecule is CC(C)(Oc1ccc(Cl)cc1)C(=O)NCC[S-]. The Morgan fingerprint density at radius 1 is 1.41 bits per heavy atom. The van der Waals surface area contributed by atoms with Crippen LogP contribution in [0.4, 0.5) is 0 Å². The summed E-state index contributed by atoms with van der Waals surface area (Å²) in [5, 5.41) is 3.34. The second-order valence-corrected chi connectivity index (χ2v) is 4.87. The van der Waals surface area contributed by atoms with Gasteiger partial charge in [0.15, 0.2) is 5.60 Å². The quantitative estimate of drug-likeness (QED) is 0.835. The van der Waals surface area contributed by atoms with Crippen LogP contribution in [0.3, 0.4) is 0 Å². The van der Waals surface area contributed by atoms with Gasteiger partial charge in [-0.05, 0) is 44.7 Å². The first-order chi connectivity index (χ1) is 7.95. The van der Waals surface area contributed by atoms with Crippen molar-refractivity contribution in [3.8, 4) is 5.75 Å². The van der Waals surface area contributed by atoms with Crippen molar-refractivity contribution in [2.75, 3.05) is 12.3 Å². The van der Waals surface area contributed by atoms with Gasteiger partial charge in [-0.1, -0.05) is 11.6 Å². The van der Waals surface area contributed by atoms with E-state index in [2.05, 4.69) is 5.32 Å². The topological polar surface area (TPSA) is 38.3 Å². The van der Waals surface area contributed by atoms with Crippen LogP contribution in [-0.2, 0) is 17.4 Å². The number of carbonyl (C=O) groups excluding carboxylic acids is 1. The molecule has 1 N–H and O–H groups in total. The minimum atomic E-state index is -0.932. The van der Waals surface area contributed by atoms with Gasteiger partial charge >= 0.3 is 0 Å². The van der Waals surface area contributed by atoms with Crippen molar-refractivity contribution in [1.82, 2.24) is 5.32 Å². The van der Waals surface area contributed by atoms with Crippen LogP contribution < -0.4 is 10.1 Å². The number of amides is 1. The minimum Gasteiger partial charge on any atom is -0.791 e. The number of ether oxygens (including phenoxy) is 1. The average molecular weight is 273 g/mol. The van der Waals surface area contributed by atoms with E-state index in [4.69, 9.17) is 29.0 Å². The van der Waals surface area contributed by atoms with E-state index < -0.39 is 5.60 Å². The molecule has 0 saturated carbocycles. The normalized spacial score (nSPS) is 11.1. The molecule has 0 spiro atoms. The van der Waals surface area contributed by atoms with Gasteiger partial charge in [0.2, 0.25) is 0 Å². The van der Waals surface area contributed by atoms with Gasteiger partial charge in [-0.15, -0.1) is 0 Å². The highest BCUT2D eigenvalue weighted by atomic mass is 35.5. The van der Waals surface area contributed by atoms with Crippen LogP contribution in [-0.4, -0.2) is 23.8 Å². The van der Waals surface area contributed by atoms with Gasteiger partial charge in [-0.2, -0.15) is 5.75 Å². The van der Waals surface area contributed by atoms with Crippen molar-refractivity contribution in [3.63, 3.8) is 0 Å². The molecule has 0 aromatic heterocycles. The molecule has 0 aliphatic carbocycles. The van der Waals surface area contributed by atoms with E-state index in [1.54, 1.807) is 38.1 Å². The first kappa shape index (κ1) is 14.2. The Balaban J connectivity index is 2.65. The zero-order chi connectivity index (χ0) is 12.9. The molecule has 0 fully saturated rings. The van der Waals surface area contributed by atoms with Crippen LogP contribution in [0.25, 0.3) is 0 Å². The fourth-order valence-corrected chi connectivity index (χ4v) is 1.45. The van der Waals surface area contributed by atoms with Gasteiger partial charge in [-0.3, -0.25) is 4.79 Å². The van der Waals surface area contributed by atoms with Crippen LogP contribution in [0.1, 0.15) is 13.8 Å². The number of halogens is 1. The molecule has 0 radical (unpaired) electrons. The zero-order valence-corrected chi connectivity index (χ0v) is 11.4. The summed E-state index contributed by atoms with van der Waals surface area (Å²) in [4.78, 5) is 11.8. The lowest BCUT2D eigenvalue weighted by atomic mass is 10.1. The monoisotopic (exact) mass is 272 g/mol. The first-order valence-corrected chi connectivity index (χ1v) is 6.22. The lowest BCUT2D eigenvalue weighted by Gasteiger charge is -2.25. The van der Waals surface area contributed by atoms with Crippen LogP contribution >= 0.6 is 11.6 Å². The summed E-state index contributed by atoms with van der Waals surface area (Å²) in [5.74, 6) is 0.910. The molecular formula is C12H15ClNO2S-. The second kappa shape index (κ2) is 6.17. The Hall–Kier alpha value is -0.870. The third-order valence-electron chi connectivity index (χ3n) is 2.12. The summed E-state index contributed by atoms with van der Waals surface area (Å²) in [6, 6.07) is 6.89. The highest BCUT2D eigenvalue weighted by Gasteiger charge is 2.29. The molecule has 3 nitrogen and oxygen atoms in total. The number of nitrogens with one attached hydrogen (secondary N) is 1. The Morgan fingerprint density at radius 2 is 2.00 bits per heavy atom. The number of hydrogen-bond donors (Lipinski definition) is 1. The summed E-state index contributed by atoms with van der Waals surface area (Å²) in [6.45, 7) is 3.89. The predicted molar refractivity (Wildman–Crippen MR) is 71.4 cm³/mol. The predicted octanol–water partition coefficient (Wildman–Crippen LogP) is 2.16. The number of benzene rings is 1. The molecule has 0 saturated heterocycles. The molecule has 0 bridgehead atoms. The van der Waals surface area contributed by atoms with Crippen LogP contribution in [0, 0.1) is 0 Å². The standard InChI is InChI=1S/C12H16ClNO2S/c1-12(2,11(15)14-7-8-17)16-10-5-3-9(13)4-6-10/h3-6,17H,7-8H2,1-2H3,(H,14,15)/p-1. The highest BCUT2D eigenvalue weighted by Crippen LogP contribution is 2.20. The summed E-state index contributed by atoms with van der Waals surface area (Å²) in [7, 11) is 0. The maximum Gasteiger partial charge on any atom is 0.263 e. The van der Waals surface area contributed by atoms with E-state index >= 15 is 0 Å². The van der Waals surface area contributed by atoms with Crippen molar-refractivity contribution in [2.24, 2.45) is 0 Å². The van der Waals surface area contributed by atoms with E-state index in [0.29, 0.717) is 23.1 Å². The summed E-state index contributed by atoms with van der Waals surface area (Å²) in [5.41, 5.74) is -0.932. The highest BCUT2D eigenvalue weighted by molar-refractivity contribution is 7.58. The van der Waals surface area contributed by atoms with Crippen LogP contribution in [0.2, 0.25) is 5.02 Å². The molecule has 5 heteroatoms. The van der Waals surface area contributed by atoms with Crippen molar-refractivity contribution < 1.29 is 9.53 Å². The lowest BCUT2D eigenvalue weighted by Crippen LogP contribution is -2.47. The minimum absolute atomic E-state index is 0.183. The molecule has 94 valence electrons. The van der Waals surface area contributed by atoms with E-state index in [-0.39, 0.29) is 5.91 Å². The van der Waals surface area contributed by atoms with E-state index in [9.17, 15) is 4.79 Å². The summed E-state index contributed by atoms with van der Waals surface area (Å²) >= 11 is 10.5. The first-order valence-electron chi connectivity index (χ1n) is 5.26. The van der Waals surface area contributed by atoms with Gasteiger partial charge in [0.05, 0.1) is 0 Å². The van der Waals surface area contributed by atoms with Crippen LogP contribution in [0.5, 0.6) is 5.75 Å². The van der Waals surface area contributed by atoms with Gasteiger partial charge in [0.1, 0.15) is 5.75 Å². The molecule has 1 amide bonds. The molecule has 0 aliphatic heterocycles. The van der Waals surface area contributed by atoms with Gasteiger partial charge < -0.3 is 22.7 Å². The van der Waals surface area contributed by atoms with Crippen molar-refractivity contribution >= 4 is 30.1 Å². The average Bonchev–Trinajstić information content (AvgIpc) is 2.28. The van der Waals surface area contributed by atoms with Gasteiger partial charge in [0.25, 0.3) is 5.91 Å². The fraction of sp³-hybridized carbons (Fsp3) is 0.417. The molecule has 1 aromatic rings. The Kier molecular flexibility index (Phi) is 5.15. The van der Waals surface area contributed by atoms with E-state index in [1.807, 2.05) is 0 Å². The van der Waals surface area contributed by atoms with E-state index in [1.165, 1.54) is 0 Å². The Morgan fingerprint density at radius 3 is 2.53 bits per heavy atom. The smallest absolute Gasteiger partial charge is 0.263 e. The molecule has 0 atom stereocenters. The number of rotatable bonds is 5. The molecule has 0 aliphatic rings. The molecule has 17 heavy (non-hydrogen) atoms. The zero-order valence-electron chi connectivity index (χ0n) is 9.83. The lowest BCUT2D eigenvalue weighted by molar-refractivity contribution is -0.134. The Labute approximate surface area is 112 Å². The molecular weight excluding hydrogens is 258 g/mol. The number of carbonyl (C=O) groups is 1. The maximum atomic E-state index is 11.8. The van der Waals surface area contributed by atoms with Crippen molar-refractivity contribution in [1.29, 1.82) is 0 Å². The molecule has 1 rings (SSSR count). The van der Waals surface area contributed by atoms with Crippen molar-refractivity contribution in [2.45, 2.75) is 19.4 Å². The summed E-state index contributed by atoms with van der Waals surface area (Å²) in [6.07, 6.45) is 0. The molecule has 0 unspecified atom stereocenters. The number of hydrogen-bond acceptors (Lipinski definition) is 3. The Bertz CT molecular complexity index is 379. The maximum absolute atomic E-state index is 11.8. The largest absolute Gasteiger partial charge is 0.791 e. The summed E-state index contributed by atoms with van der Waals surface area (Å²) < 4.78 is 5.61. The molecule has 1 aromatic carbocycles. The van der Waals surface area contributed by atoms with Crippen molar-refractivity contribution in [3.05, 3.63) is 29.3 Å². The second-order valence-electron chi connectivity index (χ2n) is 4.03. The van der Waals surface area contributed by atoms with Gasteiger partial charge in [-0.25, -0.2) is 0 Å². The molecule has 0 heterocycles. The third-order valence-corrected chi connectivity index (χ3v) is 2.58. The van der Waals surface area contributed by atoms with Gasteiger partial charge in [0, 0.05) is 5.02 Å². The fourth-order valence-electron chi connectivity index (χ4n) is 1.22. The third kappa shape index (κ3) is 4.48. The van der Waals surface area contributed by atoms with Crippen LogP contribution in [0.15, 0.2) is 24.3 Å². The van der Waals surface area contributed by atoms with E-state index in [0.717, 1.165) is 0 Å².